The summed E-state index contributed by atoms with van der Waals surface area (Å²) in [7, 11) is 3.08. The van der Waals surface area contributed by atoms with E-state index in [2.05, 4.69) is 9.97 Å². The number of aliphatic hydroxyl groups excluding tert-OH is 1. The number of aromatic amines is 1. The van der Waals surface area contributed by atoms with Gasteiger partial charge in [0, 0.05) is 17.7 Å². The molecule has 2 N–H and O–H groups in total. The number of fused-ring (bicyclic) bond motifs is 2. The second-order valence-corrected chi connectivity index (χ2v) is 10.1. The van der Waals surface area contributed by atoms with E-state index >= 15 is 0 Å². The fourth-order valence-corrected chi connectivity index (χ4v) is 5.68. The molecule has 2 heterocycles. The number of carbonyl (C=O) groups excluding carboxylic acids is 2. The summed E-state index contributed by atoms with van der Waals surface area (Å²) >= 11 is 0. The Morgan fingerprint density at radius 3 is 2.46 bits per heavy atom. The first kappa shape index (κ1) is 24.7. The molecule has 3 aromatic carbocycles. The third kappa shape index (κ3) is 4.12. The number of ketones is 1. The van der Waals surface area contributed by atoms with Crippen LogP contribution in [0.15, 0.2) is 60.2 Å². The van der Waals surface area contributed by atoms with Crippen molar-refractivity contribution in [1.29, 1.82) is 0 Å². The van der Waals surface area contributed by atoms with Gasteiger partial charge in [-0.2, -0.15) is 0 Å². The Morgan fingerprint density at radius 2 is 1.72 bits per heavy atom. The maximum absolute atomic E-state index is 13.6. The van der Waals surface area contributed by atoms with Crippen molar-refractivity contribution < 1.29 is 24.2 Å². The molecule has 1 aliphatic carbocycles. The first-order valence-electron chi connectivity index (χ1n) is 13.0. The minimum Gasteiger partial charge on any atom is -0.507 e. The number of H-pyrrole nitrogens is 1. The number of amides is 1. The van der Waals surface area contributed by atoms with Crippen LogP contribution in [-0.4, -0.2) is 41.0 Å². The van der Waals surface area contributed by atoms with E-state index in [0.717, 1.165) is 31.2 Å². The normalized spacial score (nSPS) is 18.4. The number of nitrogens with one attached hydrogen (secondary N) is 1. The highest BCUT2D eigenvalue weighted by Crippen LogP contribution is 2.43. The molecule has 0 spiro atoms. The number of Topliss-reactive ketones (excluding diaryl/α,β-unsaturated/α-hetero) is 1. The number of benzene rings is 3. The van der Waals surface area contributed by atoms with Crippen LogP contribution in [0.25, 0.3) is 16.8 Å². The van der Waals surface area contributed by atoms with Crippen LogP contribution in [-0.2, 0) is 22.4 Å². The summed E-state index contributed by atoms with van der Waals surface area (Å²) in [6.45, 7) is 1.94. The van der Waals surface area contributed by atoms with Gasteiger partial charge >= 0.3 is 5.91 Å². The summed E-state index contributed by atoms with van der Waals surface area (Å²) in [5.41, 5.74) is 5.83. The van der Waals surface area contributed by atoms with Crippen molar-refractivity contribution in [1.82, 2.24) is 9.97 Å². The Bertz CT molecular complexity index is 1630. The average molecular weight is 524 g/mol. The zero-order valence-corrected chi connectivity index (χ0v) is 22.1. The van der Waals surface area contributed by atoms with E-state index in [1.165, 1.54) is 30.2 Å². The Kier molecular flexibility index (Phi) is 6.10. The summed E-state index contributed by atoms with van der Waals surface area (Å²) < 4.78 is 10.8. The van der Waals surface area contributed by atoms with Gasteiger partial charge in [-0.15, -0.1) is 0 Å². The number of ether oxygens (including phenoxy) is 2. The molecule has 1 aliphatic heterocycles. The minimum atomic E-state index is -0.870. The lowest BCUT2D eigenvalue weighted by Gasteiger charge is -2.23. The number of rotatable bonds is 5. The Hall–Kier alpha value is -4.59. The number of anilines is 1. The molecule has 8 heteroatoms. The molecule has 1 saturated heterocycles. The highest BCUT2D eigenvalue weighted by Gasteiger charge is 2.48. The zero-order valence-electron chi connectivity index (χ0n) is 22.1. The summed E-state index contributed by atoms with van der Waals surface area (Å²) in [5.74, 6) is -0.516. The van der Waals surface area contributed by atoms with E-state index in [4.69, 9.17) is 9.47 Å². The van der Waals surface area contributed by atoms with Crippen LogP contribution in [0, 0.1) is 6.92 Å². The zero-order chi connectivity index (χ0) is 27.3. The van der Waals surface area contributed by atoms with Gasteiger partial charge in [0.25, 0.3) is 5.78 Å². The van der Waals surface area contributed by atoms with E-state index in [1.54, 1.807) is 12.1 Å². The second kappa shape index (κ2) is 9.62. The first-order chi connectivity index (χ1) is 18.9. The molecule has 1 aromatic heterocycles. The number of hydrogen-bond acceptors (Lipinski definition) is 6. The van der Waals surface area contributed by atoms with Crippen molar-refractivity contribution in [3.05, 3.63) is 88.0 Å². The van der Waals surface area contributed by atoms with Crippen molar-refractivity contribution in [2.75, 3.05) is 19.1 Å². The Morgan fingerprint density at radius 1 is 0.974 bits per heavy atom. The second-order valence-electron chi connectivity index (χ2n) is 10.1. The molecule has 1 amide bonds. The topological polar surface area (TPSA) is 105 Å². The van der Waals surface area contributed by atoms with Gasteiger partial charge in [-0.25, -0.2) is 4.98 Å². The van der Waals surface area contributed by atoms with Gasteiger partial charge in [0.15, 0.2) is 11.5 Å². The standard InChI is InChI=1S/C31H29N3O5/c1-17-7-6-10-20(13-17)27-26(28(35)21-12-11-18-8-4-5-9-19(18)14-21)29(36)30(37)34(27)31-32-22-15-24(38-2)25(39-3)16-23(22)33-31/h6-7,10-16,27,35H,4-5,8-9H2,1-3H3,(H,32,33)/b28-26+. The monoisotopic (exact) mass is 523 g/mol. The van der Waals surface area contributed by atoms with Gasteiger partial charge in [0.1, 0.15) is 5.76 Å². The Balaban J connectivity index is 1.53. The molecule has 1 unspecified atom stereocenters. The number of aromatic nitrogens is 2. The third-order valence-corrected chi connectivity index (χ3v) is 7.63. The van der Waals surface area contributed by atoms with Gasteiger partial charge < -0.3 is 19.6 Å². The molecule has 0 bridgehead atoms. The van der Waals surface area contributed by atoms with E-state index in [9.17, 15) is 14.7 Å². The van der Waals surface area contributed by atoms with E-state index in [-0.39, 0.29) is 17.3 Å². The first-order valence-corrected chi connectivity index (χ1v) is 13.0. The molecule has 198 valence electrons. The maximum atomic E-state index is 13.6. The highest BCUT2D eigenvalue weighted by atomic mass is 16.5. The lowest BCUT2D eigenvalue weighted by atomic mass is 9.88. The molecular weight excluding hydrogens is 494 g/mol. The number of aryl methyl sites for hydroxylation is 3. The molecule has 4 aromatic rings. The maximum Gasteiger partial charge on any atom is 0.302 e. The molecule has 1 atom stereocenters. The number of hydrogen-bond donors (Lipinski definition) is 2. The largest absolute Gasteiger partial charge is 0.507 e. The number of methoxy groups -OCH3 is 2. The summed E-state index contributed by atoms with van der Waals surface area (Å²) in [4.78, 5) is 36.3. The Labute approximate surface area is 225 Å². The quantitative estimate of drug-likeness (QED) is 0.206. The van der Waals surface area contributed by atoms with Crippen molar-refractivity contribution in [3.63, 3.8) is 0 Å². The van der Waals surface area contributed by atoms with Gasteiger partial charge in [-0.3, -0.25) is 14.5 Å². The van der Waals surface area contributed by atoms with Gasteiger partial charge in [0.2, 0.25) is 5.95 Å². The van der Waals surface area contributed by atoms with E-state index < -0.39 is 17.7 Å². The predicted molar refractivity (Wildman–Crippen MR) is 148 cm³/mol. The molecular formula is C31H29N3O5. The molecule has 39 heavy (non-hydrogen) atoms. The van der Waals surface area contributed by atoms with Crippen molar-refractivity contribution in [2.45, 2.75) is 38.6 Å². The highest BCUT2D eigenvalue weighted by molar-refractivity contribution is 6.51. The summed E-state index contributed by atoms with van der Waals surface area (Å²) in [6, 6.07) is 16.0. The molecule has 1 fully saturated rings. The van der Waals surface area contributed by atoms with Crippen LogP contribution in [0.1, 0.15) is 46.7 Å². The molecule has 2 aliphatic rings. The van der Waals surface area contributed by atoms with Crippen LogP contribution in [0.2, 0.25) is 0 Å². The van der Waals surface area contributed by atoms with Crippen LogP contribution in [0.3, 0.4) is 0 Å². The fraction of sp³-hybridized carbons (Fsp3) is 0.258. The van der Waals surface area contributed by atoms with Crippen LogP contribution >= 0.6 is 0 Å². The number of nitrogens with zero attached hydrogens (tertiary/aromatic N) is 2. The predicted octanol–water partition coefficient (Wildman–Crippen LogP) is 5.39. The van der Waals surface area contributed by atoms with E-state index in [0.29, 0.717) is 33.7 Å². The molecule has 8 nitrogen and oxygen atoms in total. The fourth-order valence-electron chi connectivity index (χ4n) is 5.68. The summed E-state index contributed by atoms with van der Waals surface area (Å²) in [5, 5.41) is 11.6. The number of imidazole rings is 1. The lowest BCUT2D eigenvalue weighted by Crippen LogP contribution is -2.30. The summed E-state index contributed by atoms with van der Waals surface area (Å²) in [6.07, 6.45) is 4.17. The third-order valence-electron chi connectivity index (χ3n) is 7.63. The number of carbonyl (C=O) groups is 2. The van der Waals surface area contributed by atoms with Crippen LogP contribution in [0.5, 0.6) is 11.5 Å². The smallest absolute Gasteiger partial charge is 0.302 e. The van der Waals surface area contributed by atoms with Gasteiger partial charge in [-0.05, 0) is 55.4 Å². The van der Waals surface area contributed by atoms with Crippen molar-refractivity contribution >= 4 is 34.4 Å². The van der Waals surface area contributed by atoms with Crippen molar-refractivity contribution in [2.24, 2.45) is 0 Å². The average Bonchev–Trinajstić information content (AvgIpc) is 3.48. The SMILES string of the molecule is COc1cc2nc(N3C(=O)C(=O)/C(=C(/O)c4ccc5c(c4)CCCC5)C3c3cccc(C)c3)[nH]c2cc1OC. The minimum absolute atomic E-state index is 0.0389. The lowest BCUT2D eigenvalue weighted by molar-refractivity contribution is -0.132. The van der Waals surface area contributed by atoms with Gasteiger partial charge in [0.05, 0.1) is 36.9 Å². The van der Waals surface area contributed by atoms with Crippen molar-refractivity contribution in [3.8, 4) is 11.5 Å². The van der Waals surface area contributed by atoms with Crippen LogP contribution < -0.4 is 14.4 Å². The molecule has 6 rings (SSSR count). The van der Waals surface area contributed by atoms with Gasteiger partial charge in [-0.1, -0.05) is 42.0 Å². The molecule has 0 saturated carbocycles. The van der Waals surface area contributed by atoms with E-state index in [1.807, 2.05) is 49.4 Å². The molecule has 0 radical (unpaired) electrons. The number of aliphatic hydroxyl groups is 1. The van der Waals surface area contributed by atoms with Crippen LogP contribution in [0.4, 0.5) is 5.95 Å².